The van der Waals surface area contributed by atoms with E-state index in [1.54, 1.807) is 40.2 Å². The molecule has 0 bridgehead atoms. The first-order valence-corrected chi connectivity index (χ1v) is 8.97. The maximum Gasteiger partial charge on any atom is 0.269 e. The van der Waals surface area contributed by atoms with Gasteiger partial charge >= 0.3 is 0 Å². The Kier molecular flexibility index (Phi) is 4.82. The average molecular weight is 416 g/mol. The minimum absolute atomic E-state index is 0.0474. The van der Waals surface area contributed by atoms with Gasteiger partial charge in [-0.2, -0.15) is 0 Å². The summed E-state index contributed by atoms with van der Waals surface area (Å²) in [6, 6.07) is 13.7. The van der Waals surface area contributed by atoms with Crippen molar-refractivity contribution in [1.29, 1.82) is 0 Å². The summed E-state index contributed by atoms with van der Waals surface area (Å²) in [5.41, 5.74) is 8.10. The Morgan fingerprint density at radius 1 is 1.21 bits per heavy atom. The van der Waals surface area contributed by atoms with Gasteiger partial charge in [0.15, 0.2) is 5.84 Å². The van der Waals surface area contributed by atoms with E-state index >= 15 is 0 Å². The molecule has 2 heterocycles. The maximum atomic E-state index is 10.8. The zero-order chi connectivity index (χ0) is 19.7. The van der Waals surface area contributed by atoms with Crippen molar-refractivity contribution in [2.24, 2.45) is 5.10 Å². The van der Waals surface area contributed by atoms with Gasteiger partial charge < -0.3 is 0 Å². The molecule has 0 unspecified atom stereocenters. The molecule has 1 aromatic heterocycles. The number of aromatic nitrogens is 2. The summed E-state index contributed by atoms with van der Waals surface area (Å²) in [5, 5.41) is 20.6. The van der Waals surface area contributed by atoms with Crippen LogP contribution in [0.25, 0.3) is 5.69 Å². The molecule has 11 heteroatoms. The van der Waals surface area contributed by atoms with Gasteiger partial charge in [-0.15, -0.1) is 10.6 Å². The summed E-state index contributed by atoms with van der Waals surface area (Å²) in [6.07, 6.45) is 1.76. The highest BCUT2D eigenvalue weighted by atomic mass is 35.5. The van der Waals surface area contributed by atoms with E-state index in [4.69, 9.17) is 23.8 Å². The van der Waals surface area contributed by atoms with Crippen molar-refractivity contribution < 1.29 is 4.92 Å². The van der Waals surface area contributed by atoms with Gasteiger partial charge in [-0.1, -0.05) is 42.0 Å². The number of nitrogens with zero attached hydrogens (tertiary/aromatic N) is 4. The molecule has 0 radical (unpaired) electrons. The molecule has 142 valence electrons. The SMILES string of the molecule is O=[N+]([O-])c1ccc(CN2NNN=C2c2c[nH]n(-c3cccc(Cl)c3)c2=S)cc1. The molecule has 0 fully saturated rings. The number of hydrazone groups is 1. The Morgan fingerprint density at radius 2 is 2.00 bits per heavy atom. The number of nitrogens with one attached hydrogen (secondary N) is 3. The molecule has 0 amide bonds. The predicted octanol–water partition coefficient (Wildman–Crippen LogP) is 3.28. The number of rotatable bonds is 5. The average Bonchev–Trinajstić information content (AvgIpc) is 3.28. The monoisotopic (exact) mass is 415 g/mol. The van der Waals surface area contributed by atoms with Crippen molar-refractivity contribution in [3.8, 4) is 5.69 Å². The van der Waals surface area contributed by atoms with Gasteiger partial charge in [-0.25, -0.2) is 10.2 Å². The molecular formula is C17H14ClN7O2S. The first-order chi connectivity index (χ1) is 13.5. The largest absolute Gasteiger partial charge is 0.299 e. The van der Waals surface area contributed by atoms with Crippen molar-refractivity contribution in [3.63, 3.8) is 0 Å². The van der Waals surface area contributed by atoms with Gasteiger partial charge in [-0.3, -0.25) is 20.2 Å². The van der Waals surface area contributed by atoms with E-state index in [9.17, 15) is 10.1 Å². The van der Waals surface area contributed by atoms with Gasteiger partial charge in [0.05, 0.1) is 22.7 Å². The lowest BCUT2D eigenvalue weighted by molar-refractivity contribution is -0.384. The lowest BCUT2D eigenvalue weighted by Gasteiger charge is -2.18. The highest BCUT2D eigenvalue weighted by molar-refractivity contribution is 7.71. The number of hydrazine groups is 2. The number of halogens is 1. The summed E-state index contributed by atoms with van der Waals surface area (Å²) in [4.78, 5) is 10.4. The van der Waals surface area contributed by atoms with Crippen LogP contribution in [0.4, 0.5) is 5.69 Å². The topological polar surface area (TPSA) is 104 Å². The molecule has 9 nitrogen and oxygen atoms in total. The molecule has 2 aromatic carbocycles. The minimum atomic E-state index is -0.426. The zero-order valence-corrected chi connectivity index (χ0v) is 15.9. The summed E-state index contributed by atoms with van der Waals surface area (Å²) < 4.78 is 2.28. The third kappa shape index (κ3) is 3.48. The van der Waals surface area contributed by atoms with Crippen LogP contribution in [0, 0.1) is 14.8 Å². The van der Waals surface area contributed by atoms with Gasteiger partial charge in [0, 0.05) is 23.4 Å². The highest BCUT2D eigenvalue weighted by Gasteiger charge is 2.22. The fraction of sp³-hybridized carbons (Fsp3) is 0.0588. The molecule has 0 atom stereocenters. The van der Waals surface area contributed by atoms with E-state index in [0.29, 0.717) is 22.0 Å². The van der Waals surface area contributed by atoms with E-state index in [-0.39, 0.29) is 5.69 Å². The zero-order valence-electron chi connectivity index (χ0n) is 14.3. The third-order valence-corrected chi connectivity index (χ3v) is 4.81. The molecule has 0 saturated heterocycles. The minimum Gasteiger partial charge on any atom is -0.299 e. The number of nitro groups is 1. The number of non-ortho nitro benzene ring substituents is 1. The van der Waals surface area contributed by atoms with E-state index in [0.717, 1.165) is 16.8 Å². The van der Waals surface area contributed by atoms with E-state index in [1.807, 2.05) is 12.1 Å². The number of hydrogen-bond acceptors (Lipinski definition) is 7. The molecule has 3 aromatic rings. The second-order valence-electron chi connectivity index (χ2n) is 5.98. The number of H-pyrrole nitrogens is 1. The van der Waals surface area contributed by atoms with Crippen molar-refractivity contribution in [1.82, 2.24) is 25.9 Å². The van der Waals surface area contributed by atoms with Crippen LogP contribution in [0.3, 0.4) is 0 Å². The van der Waals surface area contributed by atoms with E-state index < -0.39 is 4.92 Å². The van der Waals surface area contributed by atoms with Gasteiger partial charge in [0.2, 0.25) is 0 Å². The van der Waals surface area contributed by atoms with Crippen molar-refractivity contribution >= 4 is 35.3 Å². The van der Waals surface area contributed by atoms with Crippen molar-refractivity contribution in [2.75, 3.05) is 0 Å². The van der Waals surface area contributed by atoms with Crippen LogP contribution in [0.5, 0.6) is 0 Å². The van der Waals surface area contributed by atoms with E-state index in [1.165, 1.54) is 12.1 Å². The van der Waals surface area contributed by atoms with Gasteiger partial charge in [0.1, 0.15) is 4.64 Å². The second-order valence-corrected chi connectivity index (χ2v) is 6.80. The standard InChI is InChI=1S/C17H14ClN7O2S/c18-12-2-1-3-14(8-12)24-17(28)15(9-19-24)16-20-21-22-23(16)10-11-4-6-13(7-5-11)25(26)27/h1-9,19,21-22H,10H2. The Balaban J connectivity index is 1.59. The Morgan fingerprint density at radius 3 is 2.71 bits per heavy atom. The van der Waals surface area contributed by atoms with Crippen LogP contribution in [-0.4, -0.2) is 25.5 Å². The van der Waals surface area contributed by atoms with E-state index in [2.05, 4.69) is 21.3 Å². The predicted molar refractivity (Wildman–Crippen MR) is 107 cm³/mol. The van der Waals surface area contributed by atoms with Crippen LogP contribution < -0.4 is 11.1 Å². The lowest BCUT2D eigenvalue weighted by Crippen LogP contribution is -2.40. The smallest absolute Gasteiger partial charge is 0.269 e. The molecule has 28 heavy (non-hydrogen) atoms. The number of hydrogen-bond donors (Lipinski definition) is 3. The quantitative estimate of drug-likeness (QED) is 0.335. The summed E-state index contributed by atoms with van der Waals surface area (Å²) in [5.74, 6) is 0.598. The Labute approximate surface area is 169 Å². The molecule has 0 aliphatic carbocycles. The van der Waals surface area contributed by atoms with Gasteiger partial charge in [0.25, 0.3) is 5.69 Å². The third-order valence-electron chi connectivity index (χ3n) is 4.17. The molecular weight excluding hydrogens is 402 g/mol. The molecule has 0 spiro atoms. The molecule has 1 aliphatic rings. The van der Waals surface area contributed by atoms with Crippen LogP contribution in [0.2, 0.25) is 5.02 Å². The Hall–Kier alpha value is -3.21. The molecule has 1 aliphatic heterocycles. The Bertz CT molecular complexity index is 1120. The number of amidine groups is 1. The summed E-state index contributed by atoms with van der Waals surface area (Å²) in [7, 11) is 0. The fourth-order valence-electron chi connectivity index (χ4n) is 2.81. The normalized spacial score (nSPS) is 13.3. The summed E-state index contributed by atoms with van der Waals surface area (Å²) in [6.45, 7) is 0.431. The number of aromatic amines is 1. The van der Waals surface area contributed by atoms with Crippen LogP contribution >= 0.6 is 23.8 Å². The highest BCUT2D eigenvalue weighted by Crippen LogP contribution is 2.19. The lowest BCUT2D eigenvalue weighted by atomic mass is 10.2. The fourth-order valence-corrected chi connectivity index (χ4v) is 3.31. The van der Waals surface area contributed by atoms with Crippen LogP contribution in [0.1, 0.15) is 11.1 Å². The summed E-state index contributed by atoms with van der Waals surface area (Å²) >= 11 is 11.7. The first-order valence-electron chi connectivity index (χ1n) is 8.19. The number of benzene rings is 2. The molecule has 4 rings (SSSR count). The van der Waals surface area contributed by atoms with Crippen molar-refractivity contribution in [2.45, 2.75) is 6.54 Å². The molecule has 0 saturated carbocycles. The first kappa shape index (κ1) is 18.2. The van der Waals surface area contributed by atoms with Crippen LogP contribution in [0.15, 0.2) is 59.8 Å². The number of nitro benzene ring substituents is 1. The van der Waals surface area contributed by atoms with Crippen LogP contribution in [-0.2, 0) is 6.54 Å². The molecule has 3 N–H and O–H groups in total. The van der Waals surface area contributed by atoms with Gasteiger partial charge in [-0.05, 0) is 23.8 Å². The maximum absolute atomic E-state index is 10.8. The van der Waals surface area contributed by atoms with Crippen molar-refractivity contribution in [3.05, 3.63) is 85.6 Å². The second kappa shape index (κ2) is 7.43.